The van der Waals surface area contributed by atoms with Gasteiger partial charge in [-0.15, -0.1) is 0 Å². The number of hydrogen-bond donors (Lipinski definition) is 1. The molecule has 4 nitrogen and oxygen atoms in total. The minimum atomic E-state index is 0.622. The lowest BCUT2D eigenvalue weighted by Gasteiger charge is -2.20. The summed E-state index contributed by atoms with van der Waals surface area (Å²) in [6.07, 6.45) is 0. The van der Waals surface area contributed by atoms with Gasteiger partial charge >= 0.3 is 0 Å². The second kappa shape index (κ2) is 25.1. The average Bonchev–Trinajstić information content (AvgIpc) is 2.42. The molecular formula is C12H31NO3S. The van der Waals surface area contributed by atoms with E-state index in [1.54, 1.807) is 14.2 Å². The number of hydrogen-bond acceptors (Lipinski definition) is 5. The highest BCUT2D eigenvalue weighted by atomic mass is 32.1. The number of thiol groups is 1. The molecule has 0 aliphatic rings. The first-order chi connectivity index (χ1) is 8.35. The quantitative estimate of drug-likeness (QED) is 0.515. The van der Waals surface area contributed by atoms with Crippen LogP contribution < -0.4 is 0 Å². The van der Waals surface area contributed by atoms with Gasteiger partial charge in [0, 0.05) is 33.9 Å². The number of methoxy groups -OCH3 is 2. The van der Waals surface area contributed by atoms with Crippen molar-refractivity contribution in [1.29, 1.82) is 0 Å². The Morgan fingerprint density at radius 3 is 1.41 bits per heavy atom. The van der Waals surface area contributed by atoms with Gasteiger partial charge in [-0.2, -0.15) is 0 Å². The average molecular weight is 269 g/mol. The maximum absolute atomic E-state index is 4.99. The van der Waals surface area contributed by atoms with E-state index in [0.29, 0.717) is 6.61 Å². The zero-order chi connectivity index (χ0) is 13.9. The van der Waals surface area contributed by atoms with Crippen molar-refractivity contribution in [2.75, 3.05) is 53.7 Å². The minimum Gasteiger partial charge on any atom is -0.383 e. The molecule has 0 spiro atoms. The van der Waals surface area contributed by atoms with Crippen molar-refractivity contribution in [2.24, 2.45) is 0 Å². The fraction of sp³-hybridized carbons (Fsp3) is 1.00. The van der Waals surface area contributed by atoms with E-state index in [-0.39, 0.29) is 0 Å². The highest BCUT2D eigenvalue weighted by Crippen LogP contribution is 1.90. The van der Waals surface area contributed by atoms with Gasteiger partial charge < -0.3 is 13.7 Å². The molecule has 0 aliphatic heterocycles. The molecule has 0 atom stereocenters. The fourth-order valence-electron chi connectivity index (χ4n) is 0.946. The van der Waals surface area contributed by atoms with Crippen molar-refractivity contribution in [3.05, 3.63) is 0 Å². The molecule has 0 saturated carbocycles. The fourth-order valence-corrected chi connectivity index (χ4v) is 1.03. The second-order valence-electron chi connectivity index (χ2n) is 2.66. The summed E-state index contributed by atoms with van der Waals surface area (Å²) in [5.41, 5.74) is 0. The molecule has 0 bridgehead atoms. The SMILES string of the molecule is CC.CC.COCCN(CCOC)CCOS. The molecule has 0 fully saturated rings. The van der Waals surface area contributed by atoms with Gasteiger partial charge in [-0.3, -0.25) is 4.90 Å². The van der Waals surface area contributed by atoms with Gasteiger partial charge in [0.25, 0.3) is 0 Å². The highest BCUT2D eigenvalue weighted by molar-refractivity contribution is 7.75. The minimum absolute atomic E-state index is 0.622. The lowest BCUT2D eigenvalue weighted by molar-refractivity contribution is 0.106. The number of nitrogens with zero attached hydrogens (tertiary/aromatic N) is 1. The summed E-state index contributed by atoms with van der Waals surface area (Å²) in [6.45, 7) is 12.7. The molecule has 0 aliphatic carbocycles. The van der Waals surface area contributed by atoms with Crippen molar-refractivity contribution in [1.82, 2.24) is 4.90 Å². The van der Waals surface area contributed by atoms with Crippen LogP contribution in [0.25, 0.3) is 0 Å². The van der Waals surface area contributed by atoms with Crippen LogP contribution >= 0.6 is 12.9 Å². The van der Waals surface area contributed by atoms with Crippen molar-refractivity contribution >= 4 is 12.9 Å². The third-order valence-electron chi connectivity index (χ3n) is 1.72. The Labute approximate surface area is 113 Å². The third-order valence-corrected chi connectivity index (χ3v) is 1.90. The first-order valence-electron chi connectivity index (χ1n) is 6.31. The summed E-state index contributed by atoms with van der Waals surface area (Å²) >= 11 is 3.69. The molecule has 0 heterocycles. The van der Waals surface area contributed by atoms with Crippen LogP contribution in [0.1, 0.15) is 27.7 Å². The van der Waals surface area contributed by atoms with Crippen LogP contribution in [0.4, 0.5) is 0 Å². The summed E-state index contributed by atoms with van der Waals surface area (Å²) in [5, 5.41) is 0. The molecule has 0 rings (SSSR count). The standard InChI is InChI=1S/C8H19NO3S.2C2H6/c1-10-6-3-9(4-7-11-2)5-8-12-13;2*1-2/h13H,3-8H2,1-2H3;2*1-2H3. The van der Waals surface area contributed by atoms with E-state index in [2.05, 4.69) is 17.8 Å². The van der Waals surface area contributed by atoms with E-state index < -0.39 is 0 Å². The molecule has 0 aromatic carbocycles. The van der Waals surface area contributed by atoms with Crippen LogP contribution in [0.5, 0.6) is 0 Å². The maximum Gasteiger partial charge on any atom is 0.0737 e. The van der Waals surface area contributed by atoms with Gasteiger partial charge in [0.15, 0.2) is 0 Å². The molecule has 108 valence electrons. The third kappa shape index (κ3) is 21.9. The predicted molar refractivity (Wildman–Crippen MR) is 77.8 cm³/mol. The topological polar surface area (TPSA) is 30.9 Å². The van der Waals surface area contributed by atoms with Crippen molar-refractivity contribution < 1.29 is 13.7 Å². The summed E-state index contributed by atoms with van der Waals surface area (Å²) in [6, 6.07) is 0. The molecule has 0 unspecified atom stereocenters. The molecule has 17 heavy (non-hydrogen) atoms. The number of rotatable bonds is 9. The van der Waals surface area contributed by atoms with Gasteiger partial charge in [0.1, 0.15) is 0 Å². The molecule has 0 saturated heterocycles. The summed E-state index contributed by atoms with van der Waals surface area (Å²) in [7, 11) is 3.40. The maximum atomic E-state index is 4.99. The first kappa shape index (κ1) is 22.4. The van der Waals surface area contributed by atoms with E-state index in [9.17, 15) is 0 Å². The molecule has 0 N–H and O–H groups in total. The zero-order valence-corrected chi connectivity index (χ0v) is 13.3. The van der Waals surface area contributed by atoms with Crippen LogP contribution in [0.3, 0.4) is 0 Å². The second-order valence-corrected chi connectivity index (χ2v) is 2.92. The highest BCUT2D eigenvalue weighted by Gasteiger charge is 2.03. The molecule has 0 aromatic heterocycles. The van der Waals surface area contributed by atoms with Crippen LogP contribution in [0.15, 0.2) is 0 Å². The summed E-state index contributed by atoms with van der Waals surface area (Å²) < 4.78 is 14.7. The number of ether oxygens (including phenoxy) is 2. The van der Waals surface area contributed by atoms with Gasteiger partial charge in [-0.25, -0.2) is 0 Å². The van der Waals surface area contributed by atoms with Crippen molar-refractivity contribution in [3.8, 4) is 0 Å². The summed E-state index contributed by atoms with van der Waals surface area (Å²) in [4.78, 5) is 2.21. The lowest BCUT2D eigenvalue weighted by atomic mass is 10.4. The van der Waals surface area contributed by atoms with Crippen molar-refractivity contribution in [3.63, 3.8) is 0 Å². The first-order valence-corrected chi connectivity index (χ1v) is 6.68. The van der Waals surface area contributed by atoms with E-state index >= 15 is 0 Å². The zero-order valence-electron chi connectivity index (χ0n) is 12.4. The van der Waals surface area contributed by atoms with Crippen molar-refractivity contribution in [2.45, 2.75) is 27.7 Å². The van der Waals surface area contributed by atoms with Gasteiger partial charge in [-0.1, -0.05) is 27.7 Å². The monoisotopic (exact) mass is 269 g/mol. The molecule has 5 heteroatoms. The van der Waals surface area contributed by atoms with Crippen LogP contribution in [-0.4, -0.2) is 58.6 Å². The van der Waals surface area contributed by atoms with E-state index in [4.69, 9.17) is 13.7 Å². The normalized spacial score (nSPS) is 9.18. The molecular weight excluding hydrogens is 238 g/mol. The smallest absolute Gasteiger partial charge is 0.0737 e. The van der Waals surface area contributed by atoms with Gasteiger partial charge in [0.05, 0.1) is 19.8 Å². The Bertz CT molecular complexity index is 88.7. The van der Waals surface area contributed by atoms with Crippen LogP contribution in [-0.2, 0) is 13.7 Å². The van der Waals surface area contributed by atoms with E-state index in [0.717, 1.165) is 32.8 Å². The Balaban J connectivity index is -0.000000439. The van der Waals surface area contributed by atoms with Crippen LogP contribution in [0, 0.1) is 0 Å². The van der Waals surface area contributed by atoms with Crippen LogP contribution in [0.2, 0.25) is 0 Å². The predicted octanol–water partition coefficient (Wildman–Crippen LogP) is 2.50. The molecule has 0 radical (unpaired) electrons. The van der Waals surface area contributed by atoms with Gasteiger partial charge in [-0.05, 0) is 12.9 Å². The van der Waals surface area contributed by atoms with Gasteiger partial charge in [0.2, 0.25) is 0 Å². The molecule has 0 aromatic rings. The Morgan fingerprint density at radius 1 is 0.765 bits per heavy atom. The lowest BCUT2D eigenvalue weighted by Crippen LogP contribution is -2.33. The Hall–Kier alpha value is 0.190. The van der Waals surface area contributed by atoms with E-state index in [1.807, 2.05) is 27.7 Å². The molecule has 0 amide bonds. The summed E-state index contributed by atoms with van der Waals surface area (Å²) in [5.74, 6) is 0. The Kier molecular flexibility index (Phi) is 33.1. The Morgan fingerprint density at radius 2 is 1.12 bits per heavy atom. The largest absolute Gasteiger partial charge is 0.383 e. The van der Waals surface area contributed by atoms with E-state index in [1.165, 1.54) is 0 Å².